The van der Waals surface area contributed by atoms with Gasteiger partial charge in [0.15, 0.2) is 9.84 Å². The summed E-state index contributed by atoms with van der Waals surface area (Å²) in [5, 5.41) is -0.0729. The molecule has 1 saturated heterocycles. The maximum Gasteiger partial charge on any atom is 0.158 e. The van der Waals surface area contributed by atoms with Crippen molar-refractivity contribution < 1.29 is 13.3 Å². The van der Waals surface area contributed by atoms with Crippen LogP contribution in [0.4, 0.5) is 0 Å². The minimum Gasteiger partial charge on any atom is -0.336 e. The summed E-state index contributed by atoms with van der Waals surface area (Å²) in [6.07, 6.45) is 1.92. The van der Waals surface area contributed by atoms with Gasteiger partial charge >= 0.3 is 0 Å². The molecular formula is C8H18NO2S+. The Balaban J connectivity index is 2.63. The van der Waals surface area contributed by atoms with Crippen LogP contribution in [-0.2, 0) is 9.84 Å². The number of likely N-dealkylation sites (tertiary alicyclic amines) is 1. The van der Waals surface area contributed by atoms with E-state index in [2.05, 4.69) is 7.05 Å². The smallest absolute Gasteiger partial charge is 0.158 e. The lowest BCUT2D eigenvalue weighted by Gasteiger charge is -2.26. The van der Waals surface area contributed by atoms with Gasteiger partial charge in [0, 0.05) is 5.75 Å². The van der Waals surface area contributed by atoms with Crippen molar-refractivity contribution in [3.8, 4) is 0 Å². The van der Waals surface area contributed by atoms with Crippen LogP contribution in [0.5, 0.6) is 0 Å². The van der Waals surface area contributed by atoms with Crippen molar-refractivity contribution in [3.63, 3.8) is 0 Å². The molecule has 4 heteroatoms. The molecule has 0 aromatic heterocycles. The molecule has 0 spiro atoms. The molecule has 0 saturated carbocycles. The molecule has 1 aliphatic rings. The van der Waals surface area contributed by atoms with Crippen molar-refractivity contribution in [3.05, 3.63) is 0 Å². The van der Waals surface area contributed by atoms with E-state index in [0.29, 0.717) is 5.75 Å². The van der Waals surface area contributed by atoms with Crippen LogP contribution in [0.3, 0.4) is 0 Å². The van der Waals surface area contributed by atoms with Crippen molar-refractivity contribution >= 4 is 9.84 Å². The monoisotopic (exact) mass is 192 g/mol. The topological polar surface area (TPSA) is 38.6 Å². The quantitative estimate of drug-likeness (QED) is 0.616. The van der Waals surface area contributed by atoms with Crippen LogP contribution < -0.4 is 4.90 Å². The van der Waals surface area contributed by atoms with E-state index >= 15 is 0 Å². The zero-order valence-electron chi connectivity index (χ0n) is 7.84. The first-order valence-corrected chi connectivity index (χ1v) is 6.30. The highest BCUT2D eigenvalue weighted by molar-refractivity contribution is 7.92. The Morgan fingerprint density at radius 1 is 1.50 bits per heavy atom. The van der Waals surface area contributed by atoms with Crippen molar-refractivity contribution in [1.82, 2.24) is 0 Å². The van der Waals surface area contributed by atoms with E-state index in [9.17, 15) is 8.42 Å². The van der Waals surface area contributed by atoms with Crippen LogP contribution in [0.2, 0.25) is 0 Å². The molecule has 0 radical (unpaired) electrons. The Bertz CT molecular complexity index is 235. The molecule has 2 atom stereocenters. The molecule has 12 heavy (non-hydrogen) atoms. The summed E-state index contributed by atoms with van der Waals surface area (Å²) in [7, 11) is -0.708. The molecule has 1 fully saturated rings. The fourth-order valence-electron chi connectivity index (χ4n) is 1.77. The van der Waals surface area contributed by atoms with E-state index in [-0.39, 0.29) is 5.25 Å². The zero-order chi connectivity index (χ0) is 9.19. The third-order valence-electron chi connectivity index (χ3n) is 2.62. The van der Waals surface area contributed by atoms with E-state index in [1.165, 1.54) is 4.90 Å². The Hall–Kier alpha value is -0.0900. The number of quaternary nitrogens is 1. The molecule has 1 aliphatic heterocycles. The normalized spacial score (nSPS) is 31.8. The number of piperidine rings is 1. The average Bonchev–Trinajstić information content (AvgIpc) is 2.05. The minimum atomic E-state index is -2.78. The molecule has 3 nitrogen and oxygen atoms in total. The number of rotatable bonds is 2. The van der Waals surface area contributed by atoms with E-state index in [1.807, 2.05) is 0 Å². The van der Waals surface area contributed by atoms with Crippen LogP contribution in [0.1, 0.15) is 19.8 Å². The minimum absolute atomic E-state index is 0.0729. The fourth-order valence-corrected chi connectivity index (χ4v) is 3.30. The van der Waals surface area contributed by atoms with E-state index in [1.54, 1.807) is 6.92 Å². The zero-order valence-corrected chi connectivity index (χ0v) is 8.65. The van der Waals surface area contributed by atoms with Gasteiger partial charge in [-0.15, -0.1) is 0 Å². The van der Waals surface area contributed by atoms with Gasteiger partial charge in [0.05, 0.1) is 20.1 Å². The highest BCUT2D eigenvalue weighted by atomic mass is 32.2. The SMILES string of the molecule is CCS(=O)(=O)C1CCC[NH+](C)C1. The largest absolute Gasteiger partial charge is 0.336 e. The molecule has 0 aliphatic carbocycles. The van der Waals surface area contributed by atoms with Gasteiger partial charge in [0.25, 0.3) is 0 Å². The van der Waals surface area contributed by atoms with Gasteiger partial charge in [0.1, 0.15) is 5.25 Å². The van der Waals surface area contributed by atoms with E-state index < -0.39 is 9.84 Å². The molecule has 0 amide bonds. The standard InChI is InChI=1S/C8H17NO2S/c1-3-12(10,11)8-5-4-6-9(2)7-8/h8H,3-7H2,1-2H3/p+1. The summed E-state index contributed by atoms with van der Waals surface area (Å²) < 4.78 is 23.0. The first-order valence-electron chi connectivity index (χ1n) is 4.59. The van der Waals surface area contributed by atoms with E-state index in [4.69, 9.17) is 0 Å². The van der Waals surface area contributed by atoms with Gasteiger partial charge in [-0.25, -0.2) is 8.42 Å². The highest BCUT2D eigenvalue weighted by Crippen LogP contribution is 2.09. The Kier molecular flexibility index (Phi) is 3.12. The lowest BCUT2D eigenvalue weighted by Crippen LogP contribution is -3.11. The van der Waals surface area contributed by atoms with Crippen LogP contribution in [0, 0.1) is 0 Å². The van der Waals surface area contributed by atoms with Gasteiger partial charge in [-0.05, 0) is 12.8 Å². The predicted molar refractivity (Wildman–Crippen MR) is 49.1 cm³/mol. The Labute approximate surface area is 74.7 Å². The Morgan fingerprint density at radius 2 is 2.17 bits per heavy atom. The molecule has 1 N–H and O–H groups in total. The van der Waals surface area contributed by atoms with E-state index in [0.717, 1.165) is 25.9 Å². The number of nitrogens with one attached hydrogen (secondary N) is 1. The number of hydrogen-bond acceptors (Lipinski definition) is 2. The average molecular weight is 192 g/mol. The molecular weight excluding hydrogens is 174 g/mol. The third-order valence-corrected chi connectivity index (χ3v) is 4.84. The van der Waals surface area contributed by atoms with Gasteiger partial charge in [-0.1, -0.05) is 6.92 Å². The maximum atomic E-state index is 11.5. The second-order valence-corrected chi connectivity index (χ2v) is 6.20. The molecule has 1 rings (SSSR count). The summed E-state index contributed by atoms with van der Waals surface area (Å²) in [6.45, 7) is 3.66. The van der Waals surface area contributed by atoms with Crippen LogP contribution in [0.15, 0.2) is 0 Å². The number of sulfone groups is 1. The van der Waals surface area contributed by atoms with Crippen molar-refractivity contribution in [2.45, 2.75) is 25.0 Å². The summed E-state index contributed by atoms with van der Waals surface area (Å²) >= 11 is 0. The molecule has 1 heterocycles. The first-order chi connectivity index (χ1) is 5.56. The lowest BCUT2D eigenvalue weighted by molar-refractivity contribution is -0.883. The van der Waals surface area contributed by atoms with Gasteiger partial charge in [-0.2, -0.15) is 0 Å². The lowest BCUT2D eigenvalue weighted by atomic mass is 10.1. The van der Waals surface area contributed by atoms with Crippen LogP contribution >= 0.6 is 0 Å². The molecule has 72 valence electrons. The fraction of sp³-hybridized carbons (Fsp3) is 1.00. The van der Waals surface area contributed by atoms with Gasteiger partial charge in [-0.3, -0.25) is 0 Å². The molecule has 0 aromatic rings. The summed E-state index contributed by atoms with van der Waals surface area (Å²) in [5.41, 5.74) is 0. The van der Waals surface area contributed by atoms with Crippen molar-refractivity contribution in [2.24, 2.45) is 0 Å². The molecule has 2 unspecified atom stereocenters. The summed E-state index contributed by atoms with van der Waals surface area (Å²) in [5.74, 6) is 0.297. The third kappa shape index (κ3) is 2.20. The maximum absolute atomic E-state index is 11.5. The van der Waals surface area contributed by atoms with Crippen LogP contribution in [0.25, 0.3) is 0 Å². The summed E-state index contributed by atoms with van der Waals surface area (Å²) in [4.78, 5) is 1.35. The van der Waals surface area contributed by atoms with Crippen LogP contribution in [-0.4, -0.2) is 39.6 Å². The second kappa shape index (κ2) is 3.75. The second-order valence-electron chi connectivity index (χ2n) is 3.63. The molecule has 0 bridgehead atoms. The van der Waals surface area contributed by atoms with Crippen molar-refractivity contribution in [1.29, 1.82) is 0 Å². The van der Waals surface area contributed by atoms with Gasteiger partial charge in [0.2, 0.25) is 0 Å². The van der Waals surface area contributed by atoms with Crippen molar-refractivity contribution in [2.75, 3.05) is 25.9 Å². The number of hydrogen-bond donors (Lipinski definition) is 1. The first kappa shape index (κ1) is 9.99. The Morgan fingerprint density at radius 3 is 2.67 bits per heavy atom. The summed E-state index contributed by atoms with van der Waals surface area (Å²) in [6, 6.07) is 0. The van der Waals surface area contributed by atoms with Gasteiger partial charge < -0.3 is 4.90 Å². The predicted octanol–water partition coefficient (Wildman–Crippen LogP) is -0.902. The highest BCUT2D eigenvalue weighted by Gasteiger charge is 2.30. The molecule has 0 aromatic carbocycles.